The number of hydrogen-bond donors (Lipinski definition) is 0. The highest BCUT2D eigenvalue weighted by Crippen LogP contribution is 2.55. The van der Waals surface area contributed by atoms with E-state index in [2.05, 4.69) is 0 Å². The molecule has 0 saturated heterocycles. The van der Waals surface area contributed by atoms with Crippen molar-refractivity contribution in [3.8, 4) is 0 Å². The van der Waals surface area contributed by atoms with Gasteiger partial charge < -0.3 is 17.0 Å². The van der Waals surface area contributed by atoms with E-state index in [4.69, 9.17) is 0 Å². The summed E-state index contributed by atoms with van der Waals surface area (Å²) < 4.78 is 42.0. The van der Waals surface area contributed by atoms with Crippen LogP contribution in [0.4, 0.5) is 13.2 Å². The Bertz CT molecular complexity index is 704. The van der Waals surface area contributed by atoms with E-state index < -0.39 is 16.0 Å². The highest BCUT2D eigenvalue weighted by Gasteiger charge is 2.49. The maximum atomic E-state index is 13.8. The SMILES string of the molecule is CC(C)(C)c1ccc2cc(C3CCCCC3)[s+](C(F)(F)F)c2c1.[Br-]. The van der Waals surface area contributed by atoms with Gasteiger partial charge in [-0.25, -0.2) is 0 Å². The van der Waals surface area contributed by atoms with Gasteiger partial charge in [0.05, 0.1) is 10.5 Å². The minimum absolute atomic E-state index is 0. The van der Waals surface area contributed by atoms with Crippen LogP contribution in [-0.2, 0) is 10.9 Å². The molecule has 0 N–H and O–H groups in total. The molecule has 1 aromatic carbocycles. The second-order valence-electron chi connectivity index (χ2n) is 7.64. The second-order valence-corrected chi connectivity index (χ2v) is 9.62. The van der Waals surface area contributed by atoms with Crippen molar-refractivity contribution in [2.24, 2.45) is 0 Å². The first-order valence-corrected chi connectivity index (χ1v) is 9.57. The van der Waals surface area contributed by atoms with Gasteiger partial charge in [-0.3, -0.25) is 0 Å². The van der Waals surface area contributed by atoms with Crippen LogP contribution in [0.25, 0.3) is 10.1 Å². The van der Waals surface area contributed by atoms with Crippen LogP contribution in [0, 0.1) is 0 Å². The minimum Gasteiger partial charge on any atom is -1.00 e. The Labute approximate surface area is 155 Å². The molecule has 5 heteroatoms. The average molecular weight is 421 g/mol. The van der Waals surface area contributed by atoms with Gasteiger partial charge in [0.2, 0.25) is 0 Å². The molecule has 1 heterocycles. The topological polar surface area (TPSA) is 0 Å². The normalized spacial score (nSPS) is 17.8. The van der Waals surface area contributed by atoms with Crippen LogP contribution < -0.4 is 17.0 Å². The molecule has 0 amide bonds. The van der Waals surface area contributed by atoms with Crippen molar-refractivity contribution < 1.29 is 30.2 Å². The molecular formula is C19H24BrF3S. The summed E-state index contributed by atoms with van der Waals surface area (Å²) >= 11 is 0. The summed E-state index contributed by atoms with van der Waals surface area (Å²) in [5.41, 5.74) is -3.33. The maximum absolute atomic E-state index is 13.8. The largest absolute Gasteiger partial charge is 1.00 e. The molecule has 0 spiro atoms. The smallest absolute Gasteiger partial charge is 0.600 e. The van der Waals surface area contributed by atoms with Gasteiger partial charge in [0.15, 0.2) is 9.58 Å². The fourth-order valence-electron chi connectivity index (χ4n) is 3.57. The summed E-state index contributed by atoms with van der Waals surface area (Å²) in [5, 5.41) is 0.777. The van der Waals surface area contributed by atoms with E-state index in [-0.39, 0.29) is 28.3 Å². The third-order valence-electron chi connectivity index (χ3n) is 4.87. The lowest BCUT2D eigenvalue weighted by molar-refractivity contribution is -0.0868. The van der Waals surface area contributed by atoms with Gasteiger partial charge in [-0.15, -0.1) is 13.2 Å². The number of alkyl halides is 3. The molecule has 0 aliphatic heterocycles. The molecule has 134 valence electrons. The van der Waals surface area contributed by atoms with Crippen molar-refractivity contribution in [2.75, 3.05) is 0 Å². The molecule has 1 unspecified atom stereocenters. The molecule has 0 radical (unpaired) electrons. The maximum Gasteiger partial charge on any atom is 0.600 e. The summed E-state index contributed by atoms with van der Waals surface area (Å²) in [6.07, 6.45) is 5.09. The first-order chi connectivity index (χ1) is 10.7. The van der Waals surface area contributed by atoms with E-state index in [1.807, 2.05) is 39.0 Å². The summed E-state index contributed by atoms with van der Waals surface area (Å²) in [5.74, 6) is 0.110. The van der Waals surface area contributed by atoms with Crippen LogP contribution in [0.3, 0.4) is 0 Å². The molecular weight excluding hydrogens is 397 g/mol. The minimum atomic E-state index is -4.18. The molecule has 0 bridgehead atoms. The molecule has 1 fully saturated rings. The lowest BCUT2D eigenvalue weighted by atomic mass is 9.86. The van der Waals surface area contributed by atoms with Gasteiger partial charge in [-0.2, -0.15) is 0 Å². The Kier molecular flexibility index (Phi) is 5.76. The first-order valence-electron chi connectivity index (χ1n) is 8.35. The van der Waals surface area contributed by atoms with Crippen molar-refractivity contribution in [2.45, 2.75) is 69.7 Å². The summed E-state index contributed by atoms with van der Waals surface area (Å²) in [4.78, 5) is 0.637. The lowest BCUT2D eigenvalue weighted by Crippen LogP contribution is -3.00. The van der Waals surface area contributed by atoms with Crippen LogP contribution in [-0.4, -0.2) is 0 Å². The third kappa shape index (κ3) is 3.82. The predicted octanol–water partition coefficient (Wildman–Crippen LogP) is 4.41. The highest BCUT2D eigenvalue weighted by atomic mass is 79.9. The average Bonchev–Trinajstić information content (AvgIpc) is 2.85. The molecule has 1 aromatic heterocycles. The van der Waals surface area contributed by atoms with Crippen LogP contribution in [0.2, 0.25) is 0 Å². The van der Waals surface area contributed by atoms with Gasteiger partial charge in [-0.1, -0.05) is 46.1 Å². The van der Waals surface area contributed by atoms with E-state index in [9.17, 15) is 13.2 Å². The highest BCUT2D eigenvalue weighted by molar-refractivity contribution is 7.38. The Morgan fingerprint density at radius 1 is 0.958 bits per heavy atom. The summed E-state index contributed by atoms with van der Waals surface area (Å²) in [7, 11) is -1.74. The van der Waals surface area contributed by atoms with Gasteiger partial charge in [0, 0.05) is 23.4 Å². The Balaban J connectivity index is 0.00000208. The summed E-state index contributed by atoms with van der Waals surface area (Å²) in [6.45, 7) is 6.14. The molecule has 3 rings (SSSR count). The number of thiophene rings is 1. The number of hydrogen-bond acceptors (Lipinski definition) is 0. The van der Waals surface area contributed by atoms with Crippen molar-refractivity contribution in [1.82, 2.24) is 0 Å². The van der Waals surface area contributed by atoms with Gasteiger partial charge in [0.25, 0.3) is 0 Å². The zero-order valence-electron chi connectivity index (χ0n) is 14.3. The predicted molar refractivity (Wildman–Crippen MR) is 92.3 cm³/mol. The first kappa shape index (κ1) is 19.8. The zero-order chi connectivity index (χ0) is 16.8. The number of benzene rings is 1. The van der Waals surface area contributed by atoms with E-state index >= 15 is 0 Å². The van der Waals surface area contributed by atoms with Crippen molar-refractivity contribution in [1.29, 1.82) is 0 Å². The quantitative estimate of drug-likeness (QED) is 0.599. The Hall–Kier alpha value is -0.550. The van der Waals surface area contributed by atoms with E-state index in [0.29, 0.717) is 9.58 Å². The zero-order valence-corrected chi connectivity index (χ0v) is 16.7. The molecule has 1 saturated carbocycles. The molecule has 1 aliphatic rings. The van der Waals surface area contributed by atoms with Gasteiger partial charge >= 0.3 is 5.51 Å². The van der Waals surface area contributed by atoms with Crippen LogP contribution in [0.15, 0.2) is 24.3 Å². The lowest BCUT2D eigenvalue weighted by Gasteiger charge is -2.19. The van der Waals surface area contributed by atoms with Gasteiger partial charge in [-0.05, 0) is 29.9 Å². The molecule has 1 aliphatic carbocycles. The van der Waals surface area contributed by atoms with E-state index in [1.54, 1.807) is 6.07 Å². The van der Waals surface area contributed by atoms with Crippen molar-refractivity contribution in [3.63, 3.8) is 0 Å². The van der Waals surface area contributed by atoms with Crippen molar-refractivity contribution in [3.05, 3.63) is 34.7 Å². The number of rotatable bonds is 1. The summed E-state index contributed by atoms with van der Waals surface area (Å²) in [6, 6.07) is 7.52. The third-order valence-corrected chi connectivity index (χ3v) is 7.05. The van der Waals surface area contributed by atoms with Crippen LogP contribution in [0.5, 0.6) is 0 Å². The number of halogens is 4. The molecule has 1 atom stereocenters. The molecule has 24 heavy (non-hydrogen) atoms. The van der Waals surface area contributed by atoms with Crippen LogP contribution >= 0.6 is 10.5 Å². The second kappa shape index (κ2) is 6.99. The Morgan fingerprint density at radius 3 is 2.12 bits per heavy atom. The van der Waals surface area contributed by atoms with Crippen molar-refractivity contribution >= 4 is 20.6 Å². The van der Waals surface area contributed by atoms with Gasteiger partial charge in [0.1, 0.15) is 0 Å². The number of fused-ring (bicyclic) bond motifs is 1. The van der Waals surface area contributed by atoms with E-state index in [1.165, 1.54) is 0 Å². The van der Waals surface area contributed by atoms with E-state index in [0.717, 1.165) is 43.1 Å². The molecule has 2 aromatic rings. The molecule has 0 nitrogen and oxygen atoms in total. The monoisotopic (exact) mass is 420 g/mol. The Morgan fingerprint density at radius 2 is 1.58 bits per heavy atom. The fraction of sp³-hybridized carbons (Fsp3) is 0.579. The van der Waals surface area contributed by atoms with Crippen LogP contribution in [0.1, 0.15) is 69.2 Å². The standard InChI is InChI=1S/C19H24F3S.BrH/c1-18(2,3)15-10-9-14-11-16(13-7-5-4-6-8-13)23(17(14)12-15)19(20,21)22;/h9-13H,4-8H2,1-3H3;1H/q+1;/p-1. The fourth-order valence-corrected chi connectivity index (χ4v) is 5.76.